The molecule has 0 radical (unpaired) electrons. The smallest absolute Gasteiger partial charge is 0.314 e. The summed E-state index contributed by atoms with van der Waals surface area (Å²) in [5.74, 6) is 0.623. The lowest BCUT2D eigenvalue weighted by molar-refractivity contribution is -0.152. The van der Waals surface area contributed by atoms with Crippen molar-refractivity contribution in [2.24, 2.45) is 11.3 Å². The van der Waals surface area contributed by atoms with Crippen molar-refractivity contribution < 1.29 is 19.8 Å². The average molecular weight is 386 g/mol. The van der Waals surface area contributed by atoms with Crippen molar-refractivity contribution in [1.29, 1.82) is 5.26 Å². The van der Waals surface area contributed by atoms with Crippen LogP contribution in [-0.2, 0) is 9.59 Å². The van der Waals surface area contributed by atoms with Crippen LogP contribution in [0.3, 0.4) is 0 Å². The molecule has 0 aromatic carbocycles. The van der Waals surface area contributed by atoms with Crippen molar-refractivity contribution in [3.8, 4) is 18.4 Å². The Labute approximate surface area is 168 Å². The maximum absolute atomic E-state index is 12.4. The number of rotatable bonds is 12. The van der Waals surface area contributed by atoms with Crippen molar-refractivity contribution in [3.05, 3.63) is 24.3 Å². The maximum Gasteiger partial charge on any atom is 0.314 e. The van der Waals surface area contributed by atoms with Crippen LogP contribution < -0.4 is 0 Å². The number of Topliss-reactive ketones (excluding diaryl/α,β-unsaturated/α-hetero) is 1. The first kappa shape index (κ1) is 23.7. The van der Waals surface area contributed by atoms with Crippen LogP contribution in [-0.4, -0.2) is 27.6 Å². The van der Waals surface area contributed by atoms with Gasteiger partial charge in [0.2, 0.25) is 0 Å². The largest absolute Gasteiger partial charge is 0.481 e. The first-order valence-electron chi connectivity index (χ1n) is 10.0. The van der Waals surface area contributed by atoms with Crippen molar-refractivity contribution in [1.82, 2.24) is 0 Å². The number of hydrogen-bond donors (Lipinski definition) is 2. The minimum Gasteiger partial charge on any atom is -0.481 e. The van der Waals surface area contributed by atoms with E-state index in [2.05, 4.69) is 5.92 Å². The average Bonchev–Trinajstić information content (AvgIpc) is 3.10. The van der Waals surface area contributed by atoms with Gasteiger partial charge in [-0.25, -0.2) is 0 Å². The number of terminal acetylenes is 1. The fraction of sp³-hybridized carbons (Fsp3) is 0.609. The van der Waals surface area contributed by atoms with E-state index >= 15 is 0 Å². The lowest BCUT2D eigenvalue weighted by Crippen LogP contribution is -2.40. The molecule has 0 aromatic rings. The van der Waals surface area contributed by atoms with Gasteiger partial charge in [0.25, 0.3) is 0 Å². The number of carboxylic acids is 1. The first-order chi connectivity index (χ1) is 13.3. The number of ketones is 1. The van der Waals surface area contributed by atoms with E-state index in [0.29, 0.717) is 32.1 Å². The highest BCUT2D eigenvalue weighted by Gasteiger charge is 2.48. The second kappa shape index (κ2) is 11.5. The minimum absolute atomic E-state index is 0.0525. The number of carboxylic acid groups (broad SMARTS) is 1. The van der Waals surface area contributed by atoms with Crippen LogP contribution in [0.25, 0.3) is 0 Å². The van der Waals surface area contributed by atoms with Crippen LogP contribution in [0.5, 0.6) is 0 Å². The number of aliphatic hydroxyl groups is 1. The van der Waals surface area contributed by atoms with Crippen LogP contribution in [0.1, 0.15) is 71.1 Å². The van der Waals surface area contributed by atoms with Crippen molar-refractivity contribution in [2.75, 3.05) is 0 Å². The summed E-state index contributed by atoms with van der Waals surface area (Å²) in [6.45, 7) is 2.05. The molecule has 152 valence electrons. The molecule has 1 aliphatic carbocycles. The summed E-state index contributed by atoms with van der Waals surface area (Å²) in [4.78, 5) is 24.7. The van der Waals surface area contributed by atoms with Crippen molar-refractivity contribution in [3.63, 3.8) is 0 Å². The molecule has 1 aliphatic rings. The van der Waals surface area contributed by atoms with Crippen molar-refractivity contribution >= 4 is 11.8 Å². The molecular weight excluding hydrogens is 354 g/mol. The Kier molecular flexibility index (Phi) is 9.69. The number of aliphatic carboxylic acids is 1. The summed E-state index contributed by atoms with van der Waals surface area (Å²) in [6.07, 6.45) is 17.3. The summed E-state index contributed by atoms with van der Waals surface area (Å²) in [7, 11) is 0. The zero-order valence-electron chi connectivity index (χ0n) is 16.7. The standard InChI is InChI=1S/C23H31NO4/c1-3-5-8-14-22(28,4-2)16-17-23(21(26)27,15-9-6-7-10-18-24)19-12-11-13-20(19)25/h2,6-7,16-17,19,28H,3,5,8-15H2,1H3,(H,26,27)/b7-6+,17-16-/t19-,22+,23+/m0/s1. The highest BCUT2D eigenvalue weighted by molar-refractivity contribution is 5.91. The number of nitriles is 1. The van der Waals surface area contributed by atoms with E-state index < -0.39 is 22.9 Å². The topological polar surface area (TPSA) is 98.4 Å². The van der Waals surface area contributed by atoms with Crippen LogP contribution in [0, 0.1) is 35.0 Å². The third-order valence-corrected chi connectivity index (χ3v) is 5.49. The number of carbonyl (C=O) groups is 2. The third-order valence-electron chi connectivity index (χ3n) is 5.49. The Morgan fingerprint density at radius 1 is 1.32 bits per heavy atom. The van der Waals surface area contributed by atoms with Gasteiger partial charge in [-0.3, -0.25) is 9.59 Å². The van der Waals surface area contributed by atoms with Gasteiger partial charge in [0.05, 0.1) is 17.9 Å². The van der Waals surface area contributed by atoms with Gasteiger partial charge < -0.3 is 10.2 Å². The van der Waals surface area contributed by atoms with Gasteiger partial charge in [-0.2, -0.15) is 5.26 Å². The van der Waals surface area contributed by atoms with Crippen LogP contribution in [0.15, 0.2) is 24.3 Å². The Morgan fingerprint density at radius 2 is 2.07 bits per heavy atom. The summed E-state index contributed by atoms with van der Waals surface area (Å²) in [6, 6.07) is 2.00. The summed E-state index contributed by atoms with van der Waals surface area (Å²) >= 11 is 0. The maximum atomic E-state index is 12.4. The lowest BCUT2D eigenvalue weighted by Gasteiger charge is -2.32. The Bertz CT molecular complexity index is 682. The van der Waals surface area contributed by atoms with Crippen LogP contribution in [0.2, 0.25) is 0 Å². The van der Waals surface area contributed by atoms with Gasteiger partial charge in [-0.1, -0.05) is 43.9 Å². The highest BCUT2D eigenvalue weighted by Crippen LogP contribution is 2.43. The molecule has 0 spiro atoms. The van der Waals surface area contributed by atoms with E-state index in [1.807, 2.05) is 13.0 Å². The lowest BCUT2D eigenvalue weighted by atomic mass is 9.69. The molecule has 3 atom stereocenters. The second-order valence-corrected chi connectivity index (χ2v) is 7.49. The first-order valence-corrected chi connectivity index (χ1v) is 10.0. The van der Waals surface area contributed by atoms with E-state index in [-0.39, 0.29) is 18.6 Å². The molecule has 0 heterocycles. The van der Waals surface area contributed by atoms with E-state index in [1.54, 1.807) is 12.2 Å². The molecule has 0 aromatic heterocycles. The predicted molar refractivity (Wildman–Crippen MR) is 108 cm³/mol. The van der Waals surface area contributed by atoms with Gasteiger partial charge >= 0.3 is 5.97 Å². The fourth-order valence-electron chi connectivity index (χ4n) is 3.77. The van der Waals surface area contributed by atoms with Crippen LogP contribution >= 0.6 is 0 Å². The van der Waals surface area contributed by atoms with Crippen LogP contribution in [0.4, 0.5) is 0 Å². The Balaban J connectivity index is 3.16. The zero-order chi connectivity index (χ0) is 21.0. The molecule has 1 saturated carbocycles. The van der Waals surface area contributed by atoms with E-state index in [1.165, 1.54) is 12.2 Å². The fourth-order valence-corrected chi connectivity index (χ4v) is 3.77. The monoisotopic (exact) mass is 385 g/mol. The number of nitrogens with zero attached hydrogens (tertiary/aromatic N) is 1. The number of carbonyl (C=O) groups excluding carboxylic acids is 1. The second-order valence-electron chi connectivity index (χ2n) is 7.49. The molecule has 0 saturated heterocycles. The van der Waals surface area contributed by atoms with E-state index in [9.17, 15) is 19.8 Å². The minimum atomic E-state index is -1.52. The molecular formula is C23H31NO4. The summed E-state index contributed by atoms with van der Waals surface area (Å²) < 4.78 is 0. The van der Waals surface area contributed by atoms with E-state index in [4.69, 9.17) is 11.7 Å². The van der Waals surface area contributed by atoms with E-state index in [0.717, 1.165) is 19.3 Å². The molecule has 0 bridgehead atoms. The highest BCUT2D eigenvalue weighted by atomic mass is 16.4. The molecule has 2 N–H and O–H groups in total. The molecule has 0 unspecified atom stereocenters. The molecule has 5 heteroatoms. The van der Waals surface area contributed by atoms with Gasteiger partial charge in [-0.15, -0.1) is 6.42 Å². The van der Waals surface area contributed by atoms with Gasteiger partial charge in [0.15, 0.2) is 0 Å². The molecule has 5 nitrogen and oxygen atoms in total. The zero-order valence-corrected chi connectivity index (χ0v) is 16.7. The molecule has 1 rings (SSSR count). The SMILES string of the molecule is C#C[C@](O)(/C=C\[C@@](CC/C=C/CC#N)(C(=O)O)[C@H]1CCCC1=O)CCCCC. The Hall–Kier alpha value is -2.37. The summed E-state index contributed by atoms with van der Waals surface area (Å²) in [5.41, 5.74) is -2.92. The number of hydrogen-bond acceptors (Lipinski definition) is 4. The quantitative estimate of drug-likeness (QED) is 0.298. The van der Waals surface area contributed by atoms with Gasteiger partial charge in [0, 0.05) is 12.3 Å². The van der Waals surface area contributed by atoms with Gasteiger partial charge in [-0.05, 0) is 44.6 Å². The number of allylic oxidation sites excluding steroid dienone is 2. The molecule has 1 fully saturated rings. The summed E-state index contributed by atoms with van der Waals surface area (Å²) in [5, 5.41) is 29.4. The van der Waals surface area contributed by atoms with Gasteiger partial charge in [0.1, 0.15) is 11.4 Å². The van der Waals surface area contributed by atoms with Crippen molar-refractivity contribution in [2.45, 2.75) is 76.7 Å². The Morgan fingerprint density at radius 3 is 2.61 bits per heavy atom. The molecule has 0 amide bonds. The number of unbranched alkanes of at least 4 members (excludes halogenated alkanes) is 2. The molecule has 0 aliphatic heterocycles. The third kappa shape index (κ3) is 6.36. The predicted octanol–water partition coefficient (Wildman–Crippen LogP) is 4.18. The molecule has 28 heavy (non-hydrogen) atoms. The normalized spacial score (nSPS) is 21.3.